The first-order valence-electron chi connectivity index (χ1n) is 5.49. The largest absolute Gasteiger partial charge is 0.381 e. The van der Waals surface area contributed by atoms with Gasteiger partial charge < -0.3 is 5.73 Å². The predicted octanol–water partition coefficient (Wildman–Crippen LogP) is 2.01. The fourth-order valence-electron chi connectivity index (χ4n) is 1.71. The van der Waals surface area contributed by atoms with Crippen LogP contribution in [0.25, 0.3) is 0 Å². The molecule has 0 saturated heterocycles. The first-order chi connectivity index (χ1) is 9.22. The number of rotatable bonds is 3. The molecule has 0 amide bonds. The van der Waals surface area contributed by atoms with Gasteiger partial charge in [0.05, 0.1) is 15.9 Å². The molecule has 6 nitrogen and oxygen atoms in total. The van der Waals surface area contributed by atoms with Crippen LogP contribution in [0.4, 0.5) is 15.9 Å². The molecule has 0 aliphatic carbocycles. The molecule has 20 heavy (non-hydrogen) atoms. The predicted molar refractivity (Wildman–Crippen MR) is 77.3 cm³/mol. The molecule has 1 aromatic carbocycles. The number of aryl methyl sites for hydroxylation is 1. The van der Waals surface area contributed by atoms with Crippen LogP contribution in [0.3, 0.4) is 0 Å². The van der Waals surface area contributed by atoms with E-state index in [4.69, 9.17) is 5.73 Å². The van der Waals surface area contributed by atoms with E-state index in [0.717, 1.165) is 6.07 Å². The van der Waals surface area contributed by atoms with Crippen molar-refractivity contribution in [3.8, 4) is 0 Å². The van der Waals surface area contributed by atoms with Crippen molar-refractivity contribution >= 4 is 37.5 Å². The molecule has 1 aromatic heterocycles. The average Bonchev–Trinajstić information content (AvgIpc) is 2.58. The van der Waals surface area contributed by atoms with Crippen molar-refractivity contribution in [3.05, 3.63) is 34.2 Å². The zero-order valence-electron chi connectivity index (χ0n) is 10.7. The monoisotopic (exact) mass is 362 g/mol. The molecular weight excluding hydrogens is 351 g/mol. The molecule has 0 aliphatic rings. The van der Waals surface area contributed by atoms with Crippen LogP contribution in [0.5, 0.6) is 0 Å². The van der Waals surface area contributed by atoms with E-state index in [0.29, 0.717) is 5.69 Å². The summed E-state index contributed by atoms with van der Waals surface area (Å²) in [7, 11) is -2.29. The Morgan fingerprint density at radius 3 is 2.60 bits per heavy atom. The normalized spacial score (nSPS) is 11.6. The molecule has 0 aliphatic heterocycles. The third-order valence-electron chi connectivity index (χ3n) is 2.74. The van der Waals surface area contributed by atoms with Crippen molar-refractivity contribution in [3.63, 3.8) is 0 Å². The molecule has 2 rings (SSSR count). The molecule has 0 bridgehead atoms. The fourth-order valence-corrected chi connectivity index (χ4v) is 3.47. The van der Waals surface area contributed by atoms with Crippen LogP contribution < -0.4 is 10.5 Å². The smallest absolute Gasteiger partial charge is 0.267 e. The number of anilines is 2. The van der Waals surface area contributed by atoms with Gasteiger partial charge in [-0.25, -0.2) is 12.8 Å². The number of hydrogen-bond donors (Lipinski definition) is 2. The summed E-state index contributed by atoms with van der Waals surface area (Å²) in [5.41, 5.74) is 6.25. The van der Waals surface area contributed by atoms with Gasteiger partial charge in [0.1, 0.15) is 5.82 Å². The maximum atomic E-state index is 13.1. The number of nitrogen functional groups attached to an aromatic ring is 1. The summed E-state index contributed by atoms with van der Waals surface area (Å²) in [6.45, 7) is 1.60. The van der Waals surface area contributed by atoms with E-state index in [2.05, 4.69) is 25.8 Å². The number of aromatic nitrogens is 2. The Hall–Kier alpha value is -1.61. The van der Waals surface area contributed by atoms with E-state index in [9.17, 15) is 12.8 Å². The highest BCUT2D eigenvalue weighted by molar-refractivity contribution is 9.10. The Bertz CT molecular complexity index is 773. The number of nitrogens with zero attached hydrogens (tertiary/aromatic N) is 2. The lowest BCUT2D eigenvalue weighted by Crippen LogP contribution is -2.15. The maximum absolute atomic E-state index is 13.1. The minimum Gasteiger partial charge on any atom is -0.381 e. The summed E-state index contributed by atoms with van der Waals surface area (Å²) in [5, 5.41) is 3.86. The molecule has 0 atom stereocenters. The Labute approximate surface area is 124 Å². The van der Waals surface area contributed by atoms with Crippen LogP contribution in [-0.2, 0) is 17.1 Å². The lowest BCUT2D eigenvalue weighted by atomic mass is 10.3. The van der Waals surface area contributed by atoms with Crippen molar-refractivity contribution in [2.45, 2.75) is 11.8 Å². The summed E-state index contributed by atoms with van der Waals surface area (Å²) in [4.78, 5) is -0.0829. The molecular formula is C11H12BrFN4O2S. The van der Waals surface area contributed by atoms with Gasteiger partial charge in [0.15, 0.2) is 10.7 Å². The summed E-state index contributed by atoms with van der Waals surface area (Å²) < 4.78 is 41.6. The van der Waals surface area contributed by atoms with Crippen LogP contribution in [0, 0.1) is 12.7 Å². The quantitative estimate of drug-likeness (QED) is 0.873. The summed E-state index contributed by atoms with van der Waals surface area (Å²) in [5.74, 6) is -0.566. The van der Waals surface area contributed by atoms with Crippen molar-refractivity contribution in [1.29, 1.82) is 0 Å². The number of hydrogen-bond acceptors (Lipinski definition) is 4. The van der Waals surface area contributed by atoms with Crippen LogP contribution >= 0.6 is 15.9 Å². The molecule has 0 spiro atoms. The molecule has 0 unspecified atom stereocenters. The van der Waals surface area contributed by atoms with Gasteiger partial charge in [-0.2, -0.15) is 5.10 Å². The van der Waals surface area contributed by atoms with E-state index >= 15 is 0 Å². The van der Waals surface area contributed by atoms with Crippen LogP contribution in [0.1, 0.15) is 5.69 Å². The van der Waals surface area contributed by atoms with Gasteiger partial charge in [0, 0.05) is 7.05 Å². The second kappa shape index (κ2) is 5.06. The third kappa shape index (κ3) is 2.63. The highest BCUT2D eigenvalue weighted by atomic mass is 79.9. The molecule has 0 fully saturated rings. The molecule has 3 N–H and O–H groups in total. The van der Waals surface area contributed by atoms with E-state index in [-0.39, 0.29) is 20.9 Å². The van der Waals surface area contributed by atoms with E-state index in [1.807, 2.05) is 0 Å². The lowest BCUT2D eigenvalue weighted by molar-refractivity contribution is 0.600. The Balaban J connectivity index is 2.43. The van der Waals surface area contributed by atoms with E-state index < -0.39 is 15.8 Å². The summed E-state index contributed by atoms with van der Waals surface area (Å²) >= 11 is 2.99. The first kappa shape index (κ1) is 14.8. The molecule has 9 heteroatoms. The van der Waals surface area contributed by atoms with Crippen LogP contribution in [-0.4, -0.2) is 18.2 Å². The van der Waals surface area contributed by atoms with Crippen LogP contribution in [0.15, 0.2) is 27.6 Å². The SMILES string of the molecule is Cc1c(S(=O)(=O)Nc2ccc(F)c(Br)c2)c(N)nn1C. The standard InChI is InChI=1S/C11H12BrFN4O2S/c1-6-10(11(14)15-17(6)2)20(18,19)16-7-3-4-9(13)8(12)5-7/h3-5,16H,1-2H3,(H2,14,15). The fraction of sp³-hybridized carbons (Fsp3) is 0.182. The molecule has 2 aromatic rings. The summed E-state index contributed by atoms with van der Waals surface area (Å²) in [6.07, 6.45) is 0. The van der Waals surface area contributed by atoms with Gasteiger partial charge in [0.2, 0.25) is 0 Å². The van der Waals surface area contributed by atoms with Crippen molar-refractivity contribution < 1.29 is 12.8 Å². The Kier molecular flexibility index (Phi) is 3.74. The first-order valence-corrected chi connectivity index (χ1v) is 7.77. The molecule has 108 valence electrons. The number of halogens is 2. The number of sulfonamides is 1. The highest BCUT2D eigenvalue weighted by Crippen LogP contribution is 2.26. The van der Waals surface area contributed by atoms with E-state index in [1.54, 1.807) is 14.0 Å². The second-order valence-corrected chi connectivity index (χ2v) is 6.63. The molecule has 1 heterocycles. The van der Waals surface area contributed by atoms with Gasteiger partial charge in [-0.15, -0.1) is 0 Å². The Morgan fingerprint density at radius 2 is 2.10 bits per heavy atom. The lowest BCUT2D eigenvalue weighted by Gasteiger charge is -2.08. The maximum Gasteiger partial charge on any atom is 0.267 e. The van der Waals surface area contributed by atoms with Gasteiger partial charge in [-0.1, -0.05) is 0 Å². The topological polar surface area (TPSA) is 90.0 Å². The minimum absolute atomic E-state index is 0.0829. The minimum atomic E-state index is -3.89. The average molecular weight is 363 g/mol. The number of benzene rings is 1. The van der Waals surface area contributed by atoms with E-state index in [1.165, 1.54) is 16.8 Å². The molecule has 0 saturated carbocycles. The Morgan fingerprint density at radius 1 is 1.45 bits per heavy atom. The third-order valence-corrected chi connectivity index (χ3v) is 4.90. The zero-order chi connectivity index (χ0) is 15.1. The highest BCUT2D eigenvalue weighted by Gasteiger charge is 2.24. The van der Waals surface area contributed by atoms with Crippen LogP contribution in [0.2, 0.25) is 0 Å². The van der Waals surface area contributed by atoms with Crippen molar-refractivity contribution in [2.24, 2.45) is 7.05 Å². The second-order valence-electron chi connectivity index (χ2n) is 4.16. The number of nitrogens with one attached hydrogen (secondary N) is 1. The van der Waals surface area contributed by atoms with Gasteiger partial charge in [-0.05, 0) is 41.1 Å². The zero-order valence-corrected chi connectivity index (χ0v) is 13.1. The van der Waals surface area contributed by atoms with Gasteiger partial charge in [-0.3, -0.25) is 9.40 Å². The number of nitrogens with two attached hydrogens (primary N) is 1. The summed E-state index contributed by atoms with van der Waals surface area (Å²) in [6, 6.07) is 3.80. The van der Waals surface area contributed by atoms with Crippen molar-refractivity contribution in [2.75, 3.05) is 10.5 Å². The van der Waals surface area contributed by atoms with Gasteiger partial charge in [0.25, 0.3) is 10.0 Å². The van der Waals surface area contributed by atoms with Crippen molar-refractivity contribution in [1.82, 2.24) is 9.78 Å². The molecule has 0 radical (unpaired) electrons. The van der Waals surface area contributed by atoms with Gasteiger partial charge >= 0.3 is 0 Å².